The van der Waals surface area contributed by atoms with Gasteiger partial charge in [0.1, 0.15) is 25.9 Å². The molecule has 222 valence electrons. The number of phenolic OH excluding ortho intramolecular Hbond substituents is 1. The molecule has 48 heavy (non-hydrogen) atoms. The van der Waals surface area contributed by atoms with Gasteiger partial charge in [-0.2, -0.15) is 5.11 Å². The van der Waals surface area contributed by atoms with Gasteiger partial charge < -0.3 is 30.2 Å². The standard InChI is InChI=1S/C26H20N6O8S3.5Li/c27-13-2-1-3-14(10-13)29-30-20-9-8-19(16-5-4-15(41-34)11-18(16)20)31-32-21-7-6-17-22(42(35,36)37)12-23(43(38,39)40)25(28)24(17)26(21)33;;;;;/h1-12,33-34H,27-28H2,(H,35,36,37)(H,38,39,40);;;;;/q;;;3*+1/p-3. The third-order valence-electron chi connectivity index (χ3n) is 6.20. The Labute approximate surface area is 332 Å². The van der Waals surface area contributed by atoms with Crippen molar-refractivity contribution >= 4 is 119 Å². The van der Waals surface area contributed by atoms with Crippen molar-refractivity contribution in [1.29, 1.82) is 0 Å². The fraction of sp³-hybridized carbons (Fsp3) is 0. The second kappa shape index (κ2) is 18.5. The summed E-state index contributed by atoms with van der Waals surface area (Å²) >= 11 is 4.27. The summed E-state index contributed by atoms with van der Waals surface area (Å²) in [5.74, 6) is -0.823. The van der Waals surface area contributed by atoms with E-state index in [1.165, 1.54) is 0 Å². The van der Waals surface area contributed by atoms with Crippen LogP contribution in [0.25, 0.3) is 21.5 Å². The van der Waals surface area contributed by atoms with E-state index in [0.29, 0.717) is 38.8 Å². The van der Waals surface area contributed by atoms with Gasteiger partial charge in [0.2, 0.25) is 0 Å². The summed E-state index contributed by atoms with van der Waals surface area (Å²) in [7, 11) is -10.6. The molecule has 5 aromatic carbocycles. The molecule has 5 rings (SSSR count). The number of nitrogen functional groups attached to an aromatic ring is 2. The number of fused-ring (bicyclic) bond motifs is 2. The first-order chi connectivity index (χ1) is 21.3. The summed E-state index contributed by atoms with van der Waals surface area (Å²) < 4.78 is 82.2. The van der Waals surface area contributed by atoms with Crippen LogP contribution in [0.15, 0.2) is 108 Å². The third kappa shape index (κ3) is 9.98. The zero-order valence-electron chi connectivity index (χ0n) is 26.4. The van der Waals surface area contributed by atoms with E-state index < -0.39 is 52.2 Å². The number of anilines is 2. The number of azo groups is 2. The third-order valence-corrected chi connectivity index (χ3v) is 8.40. The van der Waals surface area contributed by atoms with Crippen LogP contribution in [-0.2, 0) is 20.2 Å². The molecule has 0 heterocycles. The van der Waals surface area contributed by atoms with E-state index in [4.69, 9.17) is 11.5 Å². The number of phenols is 1. The summed E-state index contributed by atoms with van der Waals surface area (Å²) in [6.07, 6.45) is 0. The molecule has 22 heteroatoms. The van der Waals surface area contributed by atoms with Crippen LogP contribution in [0, 0.1) is 0 Å². The first kappa shape index (κ1) is 44.4. The van der Waals surface area contributed by atoms with Crippen LogP contribution in [0.4, 0.5) is 34.1 Å². The number of hydrogen-bond donors (Lipinski definition) is 3. The molecule has 0 bridgehead atoms. The van der Waals surface area contributed by atoms with Crippen molar-refractivity contribution < 1.29 is 92.2 Å². The number of aromatic hydroxyl groups is 1. The van der Waals surface area contributed by atoms with Crippen molar-refractivity contribution in [2.75, 3.05) is 11.5 Å². The minimum atomic E-state index is -5.34. The van der Waals surface area contributed by atoms with E-state index in [1.807, 2.05) is 30.8 Å². The van der Waals surface area contributed by atoms with Crippen molar-refractivity contribution in [2.24, 2.45) is 20.5 Å². The van der Waals surface area contributed by atoms with E-state index >= 15 is 0 Å². The van der Waals surface area contributed by atoms with Crippen LogP contribution in [0.2, 0.25) is 0 Å². The van der Waals surface area contributed by atoms with E-state index in [9.17, 15) is 35.6 Å². The zero-order valence-corrected chi connectivity index (χ0v) is 28.9. The molecular weight excluding hydrogens is 655 g/mol. The topological polar surface area (TPSA) is 259 Å². The Hall–Kier alpha value is -1.66. The molecule has 5 aromatic rings. The normalized spacial score (nSPS) is 11.5. The van der Waals surface area contributed by atoms with Gasteiger partial charge in [0.25, 0.3) is 0 Å². The van der Waals surface area contributed by atoms with Gasteiger partial charge in [-0.15, -0.1) is 15.3 Å². The van der Waals surface area contributed by atoms with Crippen molar-refractivity contribution in [3.8, 4) is 5.75 Å². The Morgan fingerprint density at radius 3 is 1.79 bits per heavy atom. The Bertz CT molecular complexity index is 2250. The molecule has 0 aliphatic carbocycles. The molecule has 0 atom stereocenters. The number of rotatable bonds is 7. The fourth-order valence-electron chi connectivity index (χ4n) is 4.28. The number of hydrogen-bond acceptors (Lipinski definition) is 15. The van der Waals surface area contributed by atoms with Crippen LogP contribution >= 0.6 is 12.0 Å². The Balaban J connectivity index is 0.00000226. The number of nitrogens with zero attached hydrogens (tertiary/aromatic N) is 4. The van der Waals surface area contributed by atoms with Gasteiger partial charge in [0.05, 0.1) is 37.9 Å². The molecule has 0 aliphatic rings. The first-order valence-corrected chi connectivity index (χ1v) is 16.4. The Morgan fingerprint density at radius 2 is 1.21 bits per heavy atom. The molecule has 0 aliphatic heterocycles. The molecule has 0 saturated carbocycles. The summed E-state index contributed by atoms with van der Waals surface area (Å²) in [6.45, 7) is 0. The molecule has 0 saturated heterocycles. The van der Waals surface area contributed by atoms with Gasteiger partial charge in [-0.25, -0.2) is 28.9 Å². The predicted octanol–water partition coefficient (Wildman–Crippen LogP) is -4.03. The number of nitrogens with two attached hydrogens (primary N) is 2. The maximum atomic E-state index is 11.8. The van der Waals surface area contributed by atoms with E-state index in [0.717, 1.165) is 12.1 Å². The molecular formula is C26H17Li5N6O8S3. The van der Waals surface area contributed by atoms with Crippen LogP contribution in [0.5, 0.6) is 5.75 Å². The molecule has 0 spiro atoms. The molecule has 5 N–H and O–H groups in total. The van der Waals surface area contributed by atoms with Gasteiger partial charge in [0.15, 0.2) is 5.75 Å². The molecule has 0 aromatic heterocycles. The fourth-order valence-corrected chi connectivity index (χ4v) is 5.98. The first-order valence-electron chi connectivity index (χ1n) is 12.8. The second-order valence-electron chi connectivity index (χ2n) is 8.94. The van der Waals surface area contributed by atoms with E-state index in [-0.39, 0.29) is 80.0 Å². The summed E-state index contributed by atoms with van der Waals surface area (Å²) in [5, 5.41) is 27.5. The Morgan fingerprint density at radius 1 is 0.667 bits per heavy atom. The van der Waals surface area contributed by atoms with E-state index in [1.54, 1.807) is 54.6 Å². The van der Waals surface area contributed by atoms with Crippen LogP contribution < -0.4 is 68.0 Å². The van der Waals surface area contributed by atoms with Gasteiger partial charge in [0, 0.05) is 21.8 Å². The number of benzene rings is 5. The predicted molar refractivity (Wildman–Crippen MR) is 167 cm³/mol. The zero-order chi connectivity index (χ0) is 33.1. The van der Waals surface area contributed by atoms with Gasteiger partial charge in [-0.3, -0.25) is 0 Å². The molecule has 0 radical (unpaired) electrons. The van der Waals surface area contributed by atoms with Crippen LogP contribution in [0.1, 0.15) is 0 Å². The van der Waals surface area contributed by atoms with Crippen molar-refractivity contribution in [2.45, 2.75) is 14.7 Å². The van der Waals surface area contributed by atoms with Gasteiger partial charge >= 0.3 is 87.4 Å². The minimum absolute atomic E-state index is 0. The maximum absolute atomic E-state index is 11.8. The summed E-state index contributed by atoms with van der Waals surface area (Å²) in [6, 6.07) is 17.2. The van der Waals surface area contributed by atoms with Crippen LogP contribution in [-0.4, -0.2) is 66.4 Å². The quantitative estimate of drug-likeness (QED) is 0.0493. The van der Waals surface area contributed by atoms with Crippen molar-refractivity contribution in [3.63, 3.8) is 0 Å². The van der Waals surface area contributed by atoms with E-state index in [2.05, 4.69) is 20.5 Å². The molecule has 0 amide bonds. The van der Waals surface area contributed by atoms with Crippen molar-refractivity contribution in [1.82, 2.24) is 0 Å². The summed E-state index contributed by atoms with van der Waals surface area (Å²) in [4.78, 5) is -1.87. The van der Waals surface area contributed by atoms with Crippen LogP contribution in [0.3, 0.4) is 0 Å². The monoisotopic (exact) mass is 672 g/mol. The van der Waals surface area contributed by atoms with Crippen molar-refractivity contribution in [3.05, 3.63) is 72.8 Å². The van der Waals surface area contributed by atoms with Gasteiger partial charge in [-0.1, -0.05) is 18.2 Å². The summed E-state index contributed by atoms with van der Waals surface area (Å²) in [5.41, 5.74) is 12.2. The molecule has 0 fully saturated rings. The molecule has 14 nitrogen and oxygen atoms in total. The average Bonchev–Trinajstić information content (AvgIpc) is 2.99. The average molecular weight is 672 g/mol. The Kier molecular flexibility index (Phi) is 17.1. The molecule has 0 unspecified atom stereocenters. The second-order valence-corrected chi connectivity index (χ2v) is 12.3. The SMILES string of the molecule is Nc1cccc(N=Nc2ccc(N=Nc3ccc4c(S(=O)(=O)[O-])cc(S(=O)(=O)[O-])c(N)c4c3O)c3ccc(S[O-])cc23)c1.[Li+].[Li+].[Li+].[Li][Li]. The van der Waals surface area contributed by atoms with Gasteiger partial charge in [-0.05, 0) is 59.5 Å².